The largest absolute Gasteiger partial charge is 0.391 e. The minimum atomic E-state index is -4.40. The molecule has 47 heavy (non-hydrogen) atoms. The second kappa shape index (κ2) is 33.8. The molecule has 0 fully saturated rings. The number of aliphatic hydroxyl groups excluding tert-OH is 2. The van der Waals surface area contributed by atoms with Crippen LogP contribution in [0.3, 0.4) is 0 Å². The average Bonchev–Trinajstić information content (AvgIpc) is 3.03. The number of rotatable bonds is 37. The molecule has 1 amide bonds. The summed E-state index contributed by atoms with van der Waals surface area (Å²) in [6, 6.07) is -1.14. The molecule has 0 radical (unpaired) electrons. The van der Waals surface area contributed by atoms with Crippen LogP contribution < -0.4 is 5.32 Å². The molecule has 7 nitrogen and oxygen atoms in total. The van der Waals surface area contributed by atoms with E-state index in [4.69, 9.17) is 0 Å². The van der Waals surface area contributed by atoms with Gasteiger partial charge in [0.05, 0.1) is 17.9 Å². The zero-order chi connectivity index (χ0) is 34.9. The Hall–Kier alpha value is -0.700. The van der Waals surface area contributed by atoms with Crippen LogP contribution in [0.2, 0.25) is 0 Å². The molecule has 0 aliphatic heterocycles. The molecular weight excluding hydrogens is 610 g/mol. The van der Waals surface area contributed by atoms with Crippen LogP contribution in [-0.4, -0.2) is 53.1 Å². The number of unbranched alkanes of at least 4 members (excludes halogenated alkanes) is 28. The van der Waals surface area contributed by atoms with Gasteiger partial charge < -0.3 is 15.5 Å². The summed E-state index contributed by atoms with van der Waals surface area (Å²) >= 11 is 0. The minimum Gasteiger partial charge on any atom is -0.391 e. The van der Waals surface area contributed by atoms with Crippen LogP contribution >= 0.6 is 0 Å². The lowest BCUT2D eigenvalue weighted by molar-refractivity contribution is -0.131. The monoisotopic (exact) mass is 690 g/mol. The van der Waals surface area contributed by atoms with Crippen molar-refractivity contribution in [3.63, 3.8) is 0 Å². The van der Waals surface area contributed by atoms with E-state index in [1.165, 1.54) is 148 Å². The van der Waals surface area contributed by atoms with Crippen molar-refractivity contribution in [2.75, 3.05) is 5.75 Å². The molecule has 0 aromatic carbocycles. The number of hydrogen-bond donors (Lipinski definition) is 4. The molecule has 8 heteroatoms. The second-order valence-corrected chi connectivity index (χ2v) is 15.9. The lowest BCUT2D eigenvalue weighted by atomic mass is 10.0. The molecule has 3 unspecified atom stereocenters. The van der Waals surface area contributed by atoms with Crippen LogP contribution in [0.1, 0.15) is 219 Å². The molecule has 0 aromatic heterocycles. The predicted octanol–water partition coefficient (Wildman–Crippen LogP) is 10.6. The van der Waals surface area contributed by atoms with Crippen LogP contribution in [0.15, 0.2) is 0 Å². The van der Waals surface area contributed by atoms with Crippen LogP contribution in [0, 0.1) is 0 Å². The van der Waals surface area contributed by atoms with Crippen molar-refractivity contribution in [3.8, 4) is 0 Å². The van der Waals surface area contributed by atoms with Gasteiger partial charge in [-0.05, 0) is 12.8 Å². The number of hydrogen-bond acceptors (Lipinski definition) is 5. The summed E-state index contributed by atoms with van der Waals surface area (Å²) in [5.41, 5.74) is 0. The van der Waals surface area contributed by atoms with Gasteiger partial charge in [-0.25, -0.2) is 0 Å². The summed E-state index contributed by atoms with van der Waals surface area (Å²) in [5, 5.41) is 23.5. The Morgan fingerprint density at radius 2 is 0.766 bits per heavy atom. The quantitative estimate of drug-likeness (QED) is 0.0380. The third-order valence-corrected chi connectivity index (χ3v) is 10.4. The Labute approximate surface area is 292 Å². The van der Waals surface area contributed by atoms with Gasteiger partial charge in [0.25, 0.3) is 10.1 Å². The van der Waals surface area contributed by atoms with E-state index >= 15 is 0 Å². The summed E-state index contributed by atoms with van der Waals surface area (Å²) in [5.74, 6) is -1.44. The molecule has 0 aromatic rings. The highest BCUT2D eigenvalue weighted by molar-refractivity contribution is 7.85. The van der Waals surface area contributed by atoms with E-state index in [9.17, 15) is 28.0 Å². The molecule has 0 spiro atoms. The number of amides is 1. The van der Waals surface area contributed by atoms with E-state index in [0.29, 0.717) is 12.8 Å². The highest BCUT2D eigenvalue weighted by atomic mass is 32.2. The number of carbonyl (C=O) groups excluding carboxylic acids is 1. The fourth-order valence-corrected chi connectivity index (χ4v) is 7.28. The lowest BCUT2D eigenvalue weighted by Crippen LogP contribution is -2.50. The highest BCUT2D eigenvalue weighted by Crippen LogP contribution is 2.17. The van der Waals surface area contributed by atoms with Gasteiger partial charge in [-0.3, -0.25) is 9.35 Å². The van der Waals surface area contributed by atoms with E-state index in [2.05, 4.69) is 19.2 Å². The zero-order valence-electron chi connectivity index (χ0n) is 31.0. The first-order valence-corrected chi connectivity index (χ1v) is 21.9. The molecule has 3 atom stereocenters. The van der Waals surface area contributed by atoms with Crippen LogP contribution in [-0.2, 0) is 14.9 Å². The van der Waals surface area contributed by atoms with E-state index in [1.807, 2.05) is 0 Å². The molecule has 4 N–H and O–H groups in total. The standard InChI is InChI=1S/C39H79NO6S/c1-3-5-7-9-11-13-15-16-17-18-19-20-21-22-24-26-28-30-32-34-38(42)39(43)40-36(35-47(44,45)46)37(41)33-31-29-27-25-23-14-12-10-8-6-4-2/h36-38,41-42H,3-35H2,1-2H3,(H,40,43)(H,44,45,46). The van der Waals surface area contributed by atoms with Gasteiger partial charge in [-0.2, -0.15) is 8.42 Å². The van der Waals surface area contributed by atoms with E-state index in [0.717, 1.165) is 44.9 Å². The fraction of sp³-hybridized carbons (Fsp3) is 0.974. The van der Waals surface area contributed by atoms with E-state index < -0.39 is 40.0 Å². The van der Waals surface area contributed by atoms with Crippen molar-refractivity contribution < 1.29 is 28.0 Å². The zero-order valence-corrected chi connectivity index (χ0v) is 31.9. The Balaban J connectivity index is 3.90. The first-order chi connectivity index (χ1) is 22.7. The van der Waals surface area contributed by atoms with Gasteiger partial charge in [0.2, 0.25) is 5.91 Å². The highest BCUT2D eigenvalue weighted by Gasteiger charge is 2.28. The summed E-state index contributed by atoms with van der Waals surface area (Å²) in [7, 11) is -4.40. The van der Waals surface area contributed by atoms with Crippen LogP contribution in [0.25, 0.3) is 0 Å². The SMILES string of the molecule is CCCCCCCCCCCCCCCCCCCCCC(O)C(=O)NC(CS(=O)(=O)O)C(O)CCCCCCCCCCCCC. The van der Waals surface area contributed by atoms with Gasteiger partial charge >= 0.3 is 0 Å². The molecular formula is C39H79NO6S. The van der Waals surface area contributed by atoms with Gasteiger partial charge in [-0.1, -0.05) is 206 Å². The Kier molecular flexibility index (Phi) is 33.3. The second-order valence-electron chi connectivity index (χ2n) is 14.4. The molecule has 0 aliphatic rings. The average molecular weight is 690 g/mol. The van der Waals surface area contributed by atoms with E-state index in [1.54, 1.807) is 0 Å². The normalized spacial score (nSPS) is 13.9. The van der Waals surface area contributed by atoms with E-state index in [-0.39, 0.29) is 0 Å². The Morgan fingerprint density at radius 1 is 0.489 bits per heavy atom. The third kappa shape index (κ3) is 33.6. The van der Waals surface area contributed by atoms with Gasteiger partial charge in [-0.15, -0.1) is 0 Å². The summed E-state index contributed by atoms with van der Waals surface area (Å²) in [6.45, 7) is 4.50. The number of carbonyl (C=O) groups is 1. The Bertz CT molecular complexity index is 777. The van der Waals surface area contributed by atoms with Crippen molar-refractivity contribution in [3.05, 3.63) is 0 Å². The van der Waals surface area contributed by atoms with Crippen molar-refractivity contribution in [1.29, 1.82) is 0 Å². The van der Waals surface area contributed by atoms with Gasteiger partial charge in [0.15, 0.2) is 0 Å². The molecule has 0 saturated carbocycles. The number of aliphatic hydroxyl groups is 2. The summed E-state index contributed by atoms with van der Waals surface area (Å²) < 4.78 is 32.5. The number of nitrogens with one attached hydrogen (secondary N) is 1. The first kappa shape index (κ1) is 46.3. The van der Waals surface area contributed by atoms with Gasteiger partial charge in [0, 0.05) is 0 Å². The molecule has 0 bridgehead atoms. The van der Waals surface area contributed by atoms with Crippen molar-refractivity contribution in [1.82, 2.24) is 5.32 Å². The molecule has 0 saturated heterocycles. The molecule has 0 heterocycles. The summed E-state index contributed by atoms with van der Waals surface area (Å²) in [4.78, 5) is 12.6. The van der Waals surface area contributed by atoms with Gasteiger partial charge in [0.1, 0.15) is 6.10 Å². The van der Waals surface area contributed by atoms with Crippen LogP contribution in [0.5, 0.6) is 0 Å². The van der Waals surface area contributed by atoms with Crippen molar-refractivity contribution >= 4 is 16.0 Å². The molecule has 0 aliphatic carbocycles. The predicted molar refractivity (Wildman–Crippen MR) is 199 cm³/mol. The molecule has 0 rings (SSSR count). The maximum Gasteiger partial charge on any atom is 0.266 e. The maximum absolute atomic E-state index is 12.6. The minimum absolute atomic E-state index is 0.304. The fourth-order valence-electron chi connectivity index (χ4n) is 6.52. The Morgan fingerprint density at radius 3 is 1.06 bits per heavy atom. The topological polar surface area (TPSA) is 124 Å². The third-order valence-electron chi connectivity index (χ3n) is 9.67. The first-order valence-electron chi connectivity index (χ1n) is 20.3. The van der Waals surface area contributed by atoms with Crippen molar-refractivity contribution in [2.24, 2.45) is 0 Å². The molecule has 282 valence electrons. The smallest absolute Gasteiger partial charge is 0.266 e. The lowest BCUT2D eigenvalue weighted by Gasteiger charge is -2.24. The van der Waals surface area contributed by atoms with Crippen LogP contribution in [0.4, 0.5) is 0 Å². The summed E-state index contributed by atoms with van der Waals surface area (Å²) in [6.07, 6.45) is 35.5. The maximum atomic E-state index is 12.6. The van der Waals surface area contributed by atoms with Crippen molar-refractivity contribution in [2.45, 2.75) is 238 Å².